The molecule has 5 atom stereocenters. The van der Waals surface area contributed by atoms with E-state index in [0.717, 1.165) is 32.0 Å². The largest absolute Gasteiger partial charge is 0.394 e. The molecular formula is C24H20F3N7O4S. The van der Waals surface area contributed by atoms with Crippen molar-refractivity contribution in [3.05, 3.63) is 71.1 Å². The number of aryl methyl sites for hydroxylation is 1. The van der Waals surface area contributed by atoms with Gasteiger partial charge in [-0.2, -0.15) is 5.10 Å². The Labute approximate surface area is 221 Å². The van der Waals surface area contributed by atoms with Crippen molar-refractivity contribution < 1.29 is 33.2 Å². The maximum atomic E-state index is 13.8. The number of thiazole rings is 1. The first kappa shape index (κ1) is 25.5. The van der Waals surface area contributed by atoms with E-state index in [9.17, 15) is 28.5 Å². The summed E-state index contributed by atoms with van der Waals surface area (Å²) in [6.07, 6.45) is -2.74. The van der Waals surface area contributed by atoms with Crippen molar-refractivity contribution in [3.8, 4) is 16.9 Å². The van der Waals surface area contributed by atoms with Crippen molar-refractivity contribution in [3.63, 3.8) is 0 Å². The molecule has 3 N–H and O–H groups in total. The summed E-state index contributed by atoms with van der Waals surface area (Å²) in [5, 5.41) is 45.2. The van der Waals surface area contributed by atoms with Gasteiger partial charge < -0.3 is 20.1 Å². The Morgan fingerprint density at radius 1 is 1.08 bits per heavy atom. The standard InChI is InChI=1S/C24H20F3N7O4S/c1-10-30-15-3-2-12(6-18(15)39-10)34-24(28-9-29-34)23-22(37)20(21(36)17(8-35)38-23)33-7-16(31-32-33)11-4-13(25)19(27)14(26)5-11/h2-7,9,17,20-23,35-37H,8H2,1H3/t17-,20+,21+,22-,23-/m1/s1. The first-order chi connectivity index (χ1) is 18.7. The molecule has 0 unspecified atom stereocenters. The van der Waals surface area contributed by atoms with Gasteiger partial charge in [-0.15, -0.1) is 16.4 Å². The minimum atomic E-state index is -1.62. The molecule has 0 spiro atoms. The molecule has 1 aliphatic heterocycles. The highest BCUT2D eigenvalue weighted by atomic mass is 32.1. The average molecular weight is 560 g/mol. The third kappa shape index (κ3) is 4.37. The lowest BCUT2D eigenvalue weighted by Gasteiger charge is -2.41. The fraction of sp³-hybridized carbons (Fsp3) is 0.292. The van der Waals surface area contributed by atoms with E-state index >= 15 is 0 Å². The van der Waals surface area contributed by atoms with Crippen molar-refractivity contribution in [2.45, 2.75) is 37.4 Å². The molecule has 15 heteroatoms. The van der Waals surface area contributed by atoms with E-state index in [0.29, 0.717) is 5.69 Å². The number of hydrogen-bond acceptors (Lipinski definition) is 10. The summed E-state index contributed by atoms with van der Waals surface area (Å²) < 4.78 is 50.3. The van der Waals surface area contributed by atoms with Crippen LogP contribution in [0.2, 0.25) is 0 Å². The quantitative estimate of drug-likeness (QED) is 0.276. The van der Waals surface area contributed by atoms with E-state index in [1.807, 2.05) is 19.1 Å². The minimum Gasteiger partial charge on any atom is -0.394 e. The van der Waals surface area contributed by atoms with Gasteiger partial charge in [0.1, 0.15) is 42.5 Å². The minimum absolute atomic E-state index is 0.0351. The van der Waals surface area contributed by atoms with Crippen molar-refractivity contribution in [2.75, 3.05) is 6.61 Å². The highest BCUT2D eigenvalue weighted by molar-refractivity contribution is 7.18. The molecule has 0 radical (unpaired) electrons. The number of aromatic nitrogens is 7. The molecule has 5 aromatic rings. The van der Waals surface area contributed by atoms with Gasteiger partial charge in [0.2, 0.25) is 0 Å². The monoisotopic (exact) mass is 559 g/mol. The highest BCUT2D eigenvalue weighted by Crippen LogP contribution is 2.38. The summed E-state index contributed by atoms with van der Waals surface area (Å²) in [6.45, 7) is 1.30. The Hall–Kier alpha value is -3.76. The predicted molar refractivity (Wildman–Crippen MR) is 130 cm³/mol. The molecule has 202 valence electrons. The third-order valence-corrected chi connectivity index (χ3v) is 7.47. The van der Waals surface area contributed by atoms with Crippen LogP contribution in [0.15, 0.2) is 42.9 Å². The molecule has 4 heterocycles. The van der Waals surface area contributed by atoms with Crippen LogP contribution in [0.3, 0.4) is 0 Å². The van der Waals surface area contributed by atoms with Gasteiger partial charge in [0, 0.05) is 5.56 Å². The lowest BCUT2D eigenvalue weighted by molar-refractivity contribution is -0.210. The number of hydrogen-bond donors (Lipinski definition) is 3. The van der Waals surface area contributed by atoms with Crippen molar-refractivity contribution in [2.24, 2.45) is 0 Å². The highest BCUT2D eigenvalue weighted by Gasteiger charge is 2.48. The molecule has 1 fully saturated rings. The van der Waals surface area contributed by atoms with Crippen LogP contribution in [-0.4, -0.2) is 75.0 Å². The zero-order chi connectivity index (χ0) is 27.4. The molecule has 1 saturated heterocycles. The predicted octanol–water partition coefficient (Wildman–Crippen LogP) is 2.26. The number of aliphatic hydroxyl groups excluding tert-OH is 3. The molecule has 0 aliphatic carbocycles. The third-order valence-electron chi connectivity index (χ3n) is 6.54. The van der Waals surface area contributed by atoms with Gasteiger partial charge in [0.05, 0.1) is 33.7 Å². The van der Waals surface area contributed by atoms with Gasteiger partial charge in [0.25, 0.3) is 0 Å². The summed E-state index contributed by atoms with van der Waals surface area (Å²) in [6, 6.07) is 5.79. The second kappa shape index (κ2) is 9.77. The Balaban J connectivity index is 1.36. The van der Waals surface area contributed by atoms with Crippen LogP contribution < -0.4 is 0 Å². The zero-order valence-electron chi connectivity index (χ0n) is 20.1. The summed E-state index contributed by atoms with van der Waals surface area (Å²) in [5.74, 6) is -4.24. The molecule has 6 rings (SSSR count). The van der Waals surface area contributed by atoms with Gasteiger partial charge in [-0.1, -0.05) is 5.21 Å². The van der Waals surface area contributed by atoms with E-state index in [1.165, 1.54) is 28.5 Å². The average Bonchev–Trinajstić information content (AvgIpc) is 3.66. The number of ether oxygens (including phenoxy) is 1. The van der Waals surface area contributed by atoms with Crippen molar-refractivity contribution >= 4 is 21.6 Å². The summed E-state index contributed by atoms with van der Waals surface area (Å²) in [5.41, 5.74) is 1.31. The van der Waals surface area contributed by atoms with Crippen LogP contribution in [-0.2, 0) is 4.74 Å². The second-order valence-corrected chi connectivity index (χ2v) is 10.2. The molecule has 3 aromatic heterocycles. The molecule has 11 nitrogen and oxygen atoms in total. The SMILES string of the molecule is Cc1nc2ccc(-n3ncnc3[C@@H]3O[C@H](CO)[C@H](O)[C@H](n4cc(-c5cc(F)c(F)c(F)c5)nn4)[C@H]3O)cc2s1. The van der Waals surface area contributed by atoms with Crippen molar-refractivity contribution in [1.82, 2.24) is 34.7 Å². The van der Waals surface area contributed by atoms with Crippen LogP contribution in [0.5, 0.6) is 0 Å². The van der Waals surface area contributed by atoms with Gasteiger partial charge >= 0.3 is 0 Å². The lowest BCUT2D eigenvalue weighted by atomic mass is 9.92. The molecule has 0 saturated carbocycles. The van der Waals surface area contributed by atoms with Crippen molar-refractivity contribution in [1.29, 1.82) is 0 Å². The Kier molecular flexibility index (Phi) is 6.39. The number of halogens is 3. The molecule has 39 heavy (non-hydrogen) atoms. The van der Waals surface area contributed by atoms with Gasteiger partial charge in [-0.25, -0.2) is 32.5 Å². The van der Waals surface area contributed by atoms with Crippen LogP contribution in [0.1, 0.15) is 23.0 Å². The Morgan fingerprint density at radius 3 is 2.59 bits per heavy atom. The molecular weight excluding hydrogens is 539 g/mol. The smallest absolute Gasteiger partial charge is 0.194 e. The maximum Gasteiger partial charge on any atom is 0.194 e. The second-order valence-electron chi connectivity index (χ2n) is 9.00. The Morgan fingerprint density at radius 2 is 1.85 bits per heavy atom. The normalized spacial score (nSPS) is 23.5. The summed E-state index contributed by atoms with van der Waals surface area (Å²) in [4.78, 5) is 8.73. The number of benzene rings is 2. The van der Waals surface area contributed by atoms with E-state index in [1.54, 1.807) is 6.07 Å². The van der Waals surface area contributed by atoms with Gasteiger partial charge in [0.15, 0.2) is 23.3 Å². The number of nitrogens with zero attached hydrogens (tertiary/aromatic N) is 7. The fourth-order valence-electron chi connectivity index (χ4n) is 4.69. The van der Waals surface area contributed by atoms with Gasteiger partial charge in [-0.05, 0) is 37.3 Å². The topological polar surface area (TPSA) is 144 Å². The molecule has 1 aliphatic rings. The Bertz CT molecular complexity index is 1650. The van der Waals surface area contributed by atoms with Crippen LogP contribution in [0.4, 0.5) is 13.2 Å². The fourth-order valence-corrected chi connectivity index (χ4v) is 5.55. The molecule has 0 bridgehead atoms. The molecule has 2 aromatic carbocycles. The number of rotatable bonds is 5. The maximum absolute atomic E-state index is 13.8. The first-order valence-electron chi connectivity index (χ1n) is 11.7. The number of fused-ring (bicyclic) bond motifs is 1. The van der Waals surface area contributed by atoms with E-state index in [2.05, 4.69) is 25.4 Å². The molecule has 0 amide bonds. The van der Waals surface area contributed by atoms with Crippen LogP contribution in [0.25, 0.3) is 27.2 Å². The first-order valence-corrected chi connectivity index (χ1v) is 12.5. The van der Waals surface area contributed by atoms with Crippen LogP contribution >= 0.6 is 11.3 Å². The van der Waals surface area contributed by atoms with E-state index in [4.69, 9.17) is 4.74 Å². The summed E-state index contributed by atoms with van der Waals surface area (Å²) >= 11 is 1.50. The van der Waals surface area contributed by atoms with E-state index < -0.39 is 54.5 Å². The number of aliphatic hydroxyl groups is 3. The summed E-state index contributed by atoms with van der Waals surface area (Å²) in [7, 11) is 0. The zero-order valence-corrected chi connectivity index (χ0v) is 20.9. The lowest BCUT2D eigenvalue weighted by Crippen LogP contribution is -2.53. The van der Waals surface area contributed by atoms with E-state index in [-0.39, 0.29) is 17.1 Å². The van der Waals surface area contributed by atoms with Gasteiger partial charge in [-0.3, -0.25) is 0 Å². The van der Waals surface area contributed by atoms with Crippen LogP contribution in [0, 0.1) is 24.4 Å².